The zero-order chi connectivity index (χ0) is 18.1. The number of benzene rings is 2. The van der Waals surface area contributed by atoms with Gasteiger partial charge in [-0.2, -0.15) is 0 Å². The van der Waals surface area contributed by atoms with Crippen LogP contribution in [0.1, 0.15) is 33.2 Å². The molecule has 0 unspecified atom stereocenters. The predicted octanol–water partition coefficient (Wildman–Crippen LogP) is 2.84. The van der Waals surface area contributed by atoms with Gasteiger partial charge in [0.2, 0.25) is 0 Å². The maximum Gasteiger partial charge on any atom is 0.255 e. The third-order valence-corrected chi connectivity index (χ3v) is 4.75. The minimum atomic E-state index is -0.624. The average Bonchev–Trinajstić information content (AvgIpc) is 2.98. The molecule has 0 saturated carbocycles. The van der Waals surface area contributed by atoms with Crippen LogP contribution in [0.5, 0.6) is 0 Å². The third-order valence-electron chi connectivity index (χ3n) is 4.75. The summed E-state index contributed by atoms with van der Waals surface area (Å²) in [6, 6.07) is 17.0. The van der Waals surface area contributed by atoms with Gasteiger partial charge in [0.05, 0.1) is 23.4 Å². The zero-order valence-corrected chi connectivity index (χ0v) is 14.4. The van der Waals surface area contributed by atoms with Gasteiger partial charge in [0.1, 0.15) is 0 Å². The molecule has 4 rings (SSSR count). The molecule has 0 spiro atoms. The van der Waals surface area contributed by atoms with Gasteiger partial charge < -0.3 is 10.4 Å². The maximum atomic E-state index is 12.7. The van der Waals surface area contributed by atoms with Crippen molar-refractivity contribution in [3.63, 3.8) is 0 Å². The van der Waals surface area contributed by atoms with Crippen molar-refractivity contribution in [1.29, 1.82) is 0 Å². The third kappa shape index (κ3) is 2.97. The van der Waals surface area contributed by atoms with Gasteiger partial charge in [0, 0.05) is 18.2 Å². The summed E-state index contributed by atoms with van der Waals surface area (Å²) >= 11 is 0. The van der Waals surface area contributed by atoms with Gasteiger partial charge >= 0.3 is 0 Å². The molecule has 0 saturated heterocycles. The number of carbonyl (C=O) groups excluding carboxylic acids is 1. The van der Waals surface area contributed by atoms with E-state index in [1.54, 1.807) is 13.1 Å². The number of hydrogen-bond acceptors (Lipinski definition) is 4. The van der Waals surface area contributed by atoms with Crippen LogP contribution in [0.2, 0.25) is 0 Å². The molecule has 1 aromatic heterocycles. The van der Waals surface area contributed by atoms with Crippen molar-refractivity contribution in [3.05, 3.63) is 83.2 Å². The van der Waals surface area contributed by atoms with Crippen LogP contribution in [0.3, 0.4) is 0 Å². The SMILES string of the molecule is Cc1nc(-c2ccccc2)ncc1C(=O)N[C@H]1c2ccccc2C[C@H]1O. The van der Waals surface area contributed by atoms with Gasteiger partial charge in [-0.3, -0.25) is 4.79 Å². The highest BCUT2D eigenvalue weighted by atomic mass is 16.3. The van der Waals surface area contributed by atoms with Gasteiger partial charge in [-0.1, -0.05) is 54.6 Å². The van der Waals surface area contributed by atoms with E-state index in [4.69, 9.17) is 0 Å². The average molecular weight is 345 g/mol. The lowest BCUT2D eigenvalue weighted by atomic mass is 10.1. The van der Waals surface area contributed by atoms with E-state index in [2.05, 4.69) is 15.3 Å². The van der Waals surface area contributed by atoms with Crippen LogP contribution in [0.15, 0.2) is 60.8 Å². The van der Waals surface area contributed by atoms with E-state index in [0.717, 1.165) is 16.7 Å². The Balaban J connectivity index is 1.58. The first-order valence-corrected chi connectivity index (χ1v) is 8.59. The van der Waals surface area contributed by atoms with E-state index in [9.17, 15) is 9.90 Å². The molecule has 5 nitrogen and oxygen atoms in total. The molecule has 1 heterocycles. The molecule has 0 fully saturated rings. The van der Waals surface area contributed by atoms with E-state index in [1.165, 1.54) is 0 Å². The number of aromatic nitrogens is 2. The Bertz CT molecular complexity index is 956. The molecule has 26 heavy (non-hydrogen) atoms. The zero-order valence-electron chi connectivity index (χ0n) is 14.4. The Hall–Kier alpha value is -3.05. The number of rotatable bonds is 3. The van der Waals surface area contributed by atoms with Crippen molar-refractivity contribution in [2.75, 3.05) is 0 Å². The molecule has 3 aromatic rings. The quantitative estimate of drug-likeness (QED) is 0.765. The Morgan fingerprint density at radius 1 is 1.12 bits per heavy atom. The molecule has 2 atom stereocenters. The molecule has 1 aliphatic rings. The summed E-state index contributed by atoms with van der Waals surface area (Å²) in [6.45, 7) is 1.79. The number of nitrogens with zero attached hydrogens (tertiary/aromatic N) is 2. The van der Waals surface area contributed by atoms with Crippen LogP contribution in [0.4, 0.5) is 0 Å². The van der Waals surface area contributed by atoms with Crippen molar-refractivity contribution >= 4 is 5.91 Å². The molecule has 1 aliphatic carbocycles. The number of amides is 1. The summed E-state index contributed by atoms with van der Waals surface area (Å²) < 4.78 is 0. The molecular formula is C21H19N3O2. The number of hydrogen-bond donors (Lipinski definition) is 2. The van der Waals surface area contributed by atoms with Gasteiger partial charge in [-0.15, -0.1) is 0 Å². The predicted molar refractivity (Wildman–Crippen MR) is 98.6 cm³/mol. The van der Waals surface area contributed by atoms with E-state index in [1.807, 2.05) is 54.6 Å². The Morgan fingerprint density at radius 3 is 2.62 bits per heavy atom. The maximum absolute atomic E-state index is 12.7. The fraction of sp³-hybridized carbons (Fsp3) is 0.190. The molecule has 0 aliphatic heterocycles. The number of nitrogens with one attached hydrogen (secondary N) is 1. The van der Waals surface area contributed by atoms with Crippen LogP contribution < -0.4 is 5.32 Å². The minimum Gasteiger partial charge on any atom is -0.390 e. The van der Waals surface area contributed by atoms with Crippen molar-refractivity contribution in [2.24, 2.45) is 0 Å². The van der Waals surface area contributed by atoms with E-state index in [-0.39, 0.29) is 5.91 Å². The largest absolute Gasteiger partial charge is 0.390 e. The summed E-state index contributed by atoms with van der Waals surface area (Å²) in [5.74, 6) is 0.314. The summed E-state index contributed by atoms with van der Waals surface area (Å²) in [7, 11) is 0. The van der Waals surface area contributed by atoms with Crippen LogP contribution in [0.25, 0.3) is 11.4 Å². The van der Waals surface area contributed by atoms with Crippen LogP contribution >= 0.6 is 0 Å². The van der Waals surface area contributed by atoms with Crippen LogP contribution in [-0.4, -0.2) is 27.1 Å². The summed E-state index contributed by atoms with van der Waals surface area (Å²) in [5, 5.41) is 13.3. The molecule has 5 heteroatoms. The number of aliphatic hydroxyl groups is 1. The smallest absolute Gasteiger partial charge is 0.255 e. The van der Waals surface area contributed by atoms with E-state index < -0.39 is 12.1 Å². The number of aliphatic hydroxyl groups excluding tert-OH is 1. The Labute approximate surface area is 151 Å². The van der Waals surface area contributed by atoms with E-state index >= 15 is 0 Å². The number of carbonyl (C=O) groups is 1. The standard InChI is InChI=1S/C21H19N3O2/c1-13-17(12-22-20(23-13)14-7-3-2-4-8-14)21(26)24-19-16-10-6-5-9-15(16)11-18(19)25/h2-10,12,18-19,25H,11H2,1H3,(H,24,26)/t18-,19+/m1/s1. The molecule has 130 valence electrons. The second kappa shape index (κ2) is 6.69. The van der Waals surface area contributed by atoms with Gasteiger partial charge in [-0.05, 0) is 18.1 Å². The molecule has 2 aromatic carbocycles. The van der Waals surface area contributed by atoms with Crippen LogP contribution in [-0.2, 0) is 6.42 Å². The molecule has 1 amide bonds. The van der Waals surface area contributed by atoms with Gasteiger partial charge in [-0.25, -0.2) is 9.97 Å². The van der Waals surface area contributed by atoms with Crippen molar-refractivity contribution < 1.29 is 9.90 Å². The van der Waals surface area contributed by atoms with Gasteiger partial charge in [0.15, 0.2) is 5.82 Å². The van der Waals surface area contributed by atoms with Crippen molar-refractivity contribution in [3.8, 4) is 11.4 Å². The second-order valence-corrected chi connectivity index (χ2v) is 6.48. The molecule has 2 N–H and O–H groups in total. The summed E-state index contributed by atoms with van der Waals surface area (Å²) in [4.78, 5) is 21.5. The number of aryl methyl sites for hydroxylation is 1. The Morgan fingerprint density at radius 2 is 1.85 bits per heavy atom. The highest BCUT2D eigenvalue weighted by molar-refractivity contribution is 5.95. The molecule has 0 radical (unpaired) electrons. The number of fused-ring (bicyclic) bond motifs is 1. The fourth-order valence-electron chi connectivity index (χ4n) is 3.38. The van der Waals surface area contributed by atoms with Crippen molar-refractivity contribution in [1.82, 2.24) is 15.3 Å². The molecular weight excluding hydrogens is 326 g/mol. The highest BCUT2D eigenvalue weighted by Crippen LogP contribution is 2.31. The summed E-state index contributed by atoms with van der Waals surface area (Å²) in [5.41, 5.74) is 3.96. The van der Waals surface area contributed by atoms with Crippen LogP contribution in [0, 0.1) is 6.92 Å². The topological polar surface area (TPSA) is 75.1 Å². The second-order valence-electron chi connectivity index (χ2n) is 6.48. The minimum absolute atomic E-state index is 0.275. The van der Waals surface area contributed by atoms with Gasteiger partial charge in [0.25, 0.3) is 5.91 Å². The Kier molecular flexibility index (Phi) is 4.22. The summed E-state index contributed by atoms with van der Waals surface area (Å²) in [6.07, 6.45) is 1.47. The first-order valence-electron chi connectivity index (χ1n) is 8.59. The van der Waals surface area contributed by atoms with Crippen molar-refractivity contribution in [2.45, 2.75) is 25.5 Å². The fourth-order valence-corrected chi connectivity index (χ4v) is 3.38. The van der Waals surface area contributed by atoms with E-state index in [0.29, 0.717) is 23.5 Å². The lowest BCUT2D eigenvalue weighted by Crippen LogP contribution is -2.34. The monoisotopic (exact) mass is 345 g/mol. The highest BCUT2D eigenvalue weighted by Gasteiger charge is 2.32. The molecule has 0 bridgehead atoms. The lowest BCUT2D eigenvalue weighted by Gasteiger charge is -2.18. The first-order chi connectivity index (χ1) is 12.6. The lowest BCUT2D eigenvalue weighted by molar-refractivity contribution is 0.0857. The first kappa shape index (κ1) is 16.4. The normalized spacial score (nSPS) is 18.4.